The first kappa shape index (κ1) is 5.08. The van der Waals surface area contributed by atoms with Crippen LogP contribution in [0.3, 0.4) is 0 Å². The van der Waals surface area contributed by atoms with Gasteiger partial charge in [-0.3, -0.25) is 0 Å². The summed E-state index contributed by atoms with van der Waals surface area (Å²) in [5.41, 5.74) is 0.854. The van der Waals surface area contributed by atoms with E-state index >= 15 is 0 Å². The van der Waals surface area contributed by atoms with Gasteiger partial charge in [0.15, 0.2) is 0 Å². The minimum Gasteiger partial charge on any atom is -0.399 e. The van der Waals surface area contributed by atoms with Gasteiger partial charge >= 0.3 is 0 Å². The summed E-state index contributed by atoms with van der Waals surface area (Å²) in [7, 11) is 1.54. The van der Waals surface area contributed by atoms with Crippen LogP contribution in [0.25, 0.3) is 0 Å². The van der Waals surface area contributed by atoms with Crippen LogP contribution in [0, 0.1) is 6.92 Å². The van der Waals surface area contributed by atoms with E-state index < -0.39 is 0 Å². The summed E-state index contributed by atoms with van der Waals surface area (Å²) in [5.74, 6) is 0. The summed E-state index contributed by atoms with van der Waals surface area (Å²) in [6, 6.07) is 0. The molecule has 0 aromatic carbocycles. The topological polar surface area (TPSA) is 39.9 Å². The predicted molar refractivity (Wildman–Crippen MR) is 27.3 cm³/mol. The molecule has 0 bridgehead atoms. The summed E-state index contributed by atoms with van der Waals surface area (Å²) in [4.78, 5) is 5.98. The molecule has 0 fully saturated rings. The van der Waals surface area contributed by atoms with E-state index in [-0.39, 0.29) is 0 Å². The van der Waals surface area contributed by atoms with Gasteiger partial charge in [-0.15, -0.1) is 5.10 Å². The van der Waals surface area contributed by atoms with Gasteiger partial charge in [0.1, 0.15) is 7.11 Å². The first-order valence-corrected chi connectivity index (χ1v) is 2.26. The highest BCUT2D eigenvalue weighted by Gasteiger charge is 1.89. The molecule has 0 aliphatic rings. The Morgan fingerprint density at radius 3 is 2.75 bits per heavy atom. The highest BCUT2D eigenvalue weighted by atomic mass is 16.7. The van der Waals surface area contributed by atoms with E-state index in [9.17, 15) is 0 Å². The Labute approximate surface area is 47.0 Å². The highest BCUT2D eigenvalue weighted by molar-refractivity contribution is 4.84. The summed E-state index contributed by atoms with van der Waals surface area (Å²) in [5, 5.41) is 7.25. The molecule has 0 N–H and O–H groups in total. The number of nitrogens with zero attached hydrogens (tertiary/aromatic N) is 3. The Bertz CT molecular complexity index is 172. The molecular weight excluding hydrogens is 106 g/mol. The molecule has 4 heteroatoms. The van der Waals surface area contributed by atoms with Gasteiger partial charge in [-0.25, -0.2) is 0 Å². The lowest BCUT2D eigenvalue weighted by Crippen LogP contribution is -2.05. The van der Waals surface area contributed by atoms with Gasteiger partial charge in [0.2, 0.25) is 0 Å². The van der Waals surface area contributed by atoms with Crippen molar-refractivity contribution in [1.29, 1.82) is 0 Å². The van der Waals surface area contributed by atoms with Crippen LogP contribution in [0.5, 0.6) is 0 Å². The fraction of sp³-hybridized carbons (Fsp3) is 0.500. The van der Waals surface area contributed by atoms with E-state index in [0.29, 0.717) is 0 Å². The number of hydrogen-bond donors (Lipinski definition) is 0. The van der Waals surface area contributed by atoms with Crippen molar-refractivity contribution in [3.05, 3.63) is 11.9 Å². The molecule has 0 aliphatic heterocycles. The molecule has 0 amide bonds. The Hall–Kier alpha value is -1.06. The average molecular weight is 113 g/mol. The van der Waals surface area contributed by atoms with Gasteiger partial charge in [-0.05, 0) is 12.1 Å². The molecule has 1 heterocycles. The predicted octanol–water partition coefficient (Wildman–Crippen LogP) is -0.355. The van der Waals surface area contributed by atoms with Gasteiger partial charge in [0, 0.05) is 0 Å². The van der Waals surface area contributed by atoms with Crippen molar-refractivity contribution in [2.75, 3.05) is 7.11 Å². The van der Waals surface area contributed by atoms with Crippen LogP contribution in [0.1, 0.15) is 5.69 Å². The molecule has 0 atom stereocenters. The summed E-state index contributed by atoms with van der Waals surface area (Å²) < 4.78 is 0. The molecule has 0 saturated heterocycles. The zero-order chi connectivity index (χ0) is 5.98. The van der Waals surface area contributed by atoms with Crippen molar-refractivity contribution in [2.45, 2.75) is 6.92 Å². The molecule has 1 rings (SSSR count). The Morgan fingerprint density at radius 1 is 1.75 bits per heavy atom. The minimum atomic E-state index is 0.854. The van der Waals surface area contributed by atoms with Crippen LogP contribution in [-0.2, 0) is 0 Å². The number of rotatable bonds is 1. The Kier molecular flexibility index (Phi) is 1.15. The molecule has 0 spiro atoms. The van der Waals surface area contributed by atoms with Crippen molar-refractivity contribution in [2.24, 2.45) is 0 Å². The molecule has 1 aromatic rings. The first-order chi connectivity index (χ1) is 3.83. The molecule has 0 saturated carbocycles. The maximum atomic E-state index is 4.68. The minimum absolute atomic E-state index is 0.854. The van der Waals surface area contributed by atoms with Crippen molar-refractivity contribution < 1.29 is 4.84 Å². The fourth-order valence-electron chi connectivity index (χ4n) is 0.415. The summed E-state index contributed by atoms with van der Waals surface area (Å²) in [6.45, 7) is 1.85. The van der Waals surface area contributed by atoms with E-state index in [1.54, 1.807) is 6.20 Å². The second kappa shape index (κ2) is 1.81. The maximum Gasteiger partial charge on any atom is 0.106 e. The van der Waals surface area contributed by atoms with Crippen molar-refractivity contribution >= 4 is 0 Å². The van der Waals surface area contributed by atoms with Crippen molar-refractivity contribution in [1.82, 2.24) is 15.2 Å². The lowest BCUT2D eigenvalue weighted by molar-refractivity contribution is 0.129. The third-order valence-electron chi connectivity index (χ3n) is 0.775. The SMILES string of the molecule is COn1cc(C)nn1. The van der Waals surface area contributed by atoms with Crippen molar-refractivity contribution in [3.63, 3.8) is 0 Å². The molecular formula is C4H7N3O. The summed E-state index contributed by atoms with van der Waals surface area (Å²) >= 11 is 0. The quantitative estimate of drug-likeness (QED) is 0.499. The van der Waals surface area contributed by atoms with Gasteiger partial charge in [-0.1, -0.05) is 4.85 Å². The van der Waals surface area contributed by atoms with Gasteiger partial charge in [0.25, 0.3) is 0 Å². The van der Waals surface area contributed by atoms with E-state index in [0.717, 1.165) is 5.69 Å². The van der Waals surface area contributed by atoms with E-state index in [1.807, 2.05) is 6.92 Å². The molecule has 0 aliphatic carbocycles. The van der Waals surface area contributed by atoms with Crippen molar-refractivity contribution in [3.8, 4) is 0 Å². The van der Waals surface area contributed by atoms with Crippen LogP contribution in [-0.4, -0.2) is 22.3 Å². The Morgan fingerprint density at radius 2 is 2.50 bits per heavy atom. The second-order valence-corrected chi connectivity index (χ2v) is 1.45. The van der Waals surface area contributed by atoms with E-state index in [4.69, 9.17) is 0 Å². The largest absolute Gasteiger partial charge is 0.399 e. The third-order valence-corrected chi connectivity index (χ3v) is 0.775. The maximum absolute atomic E-state index is 4.68. The van der Waals surface area contributed by atoms with Crippen LogP contribution >= 0.6 is 0 Å². The summed E-state index contributed by atoms with van der Waals surface area (Å²) in [6.07, 6.45) is 1.69. The van der Waals surface area contributed by atoms with Crippen LogP contribution in [0.4, 0.5) is 0 Å². The fourth-order valence-corrected chi connectivity index (χ4v) is 0.415. The molecule has 1 aromatic heterocycles. The van der Waals surface area contributed by atoms with Crippen LogP contribution < -0.4 is 4.84 Å². The molecule has 0 radical (unpaired) electrons. The van der Waals surface area contributed by atoms with Gasteiger partial charge < -0.3 is 4.84 Å². The van der Waals surface area contributed by atoms with E-state index in [1.165, 1.54) is 12.0 Å². The third kappa shape index (κ3) is 0.776. The number of aromatic nitrogens is 3. The van der Waals surface area contributed by atoms with Gasteiger partial charge in [-0.2, -0.15) is 0 Å². The average Bonchev–Trinajstić information content (AvgIpc) is 2.14. The molecule has 0 unspecified atom stereocenters. The molecule has 44 valence electrons. The normalized spacial score (nSPS) is 9.25. The first-order valence-electron chi connectivity index (χ1n) is 2.26. The smallest absolute Gasteiger partial charge is 0.106 e. The molecule has 8 heavy (non-hydrogen) atoms. The monoisotopic (exact) mass is 113 g/mol. The van der Waals surface area contributed by atoms with E-state index in [2.05, 4.69) is 15.1 Å². The van der Waals surface area contributed by atoms with Crippen LogP contribution in [0.2, 0.25) is 0 Å². The lowest BCUT2D eigenvalue weighted by atomic mass is 10.6. The number of hydrogen-bond acceptors (Lipinski definition) is 3. The Balaban J connectivity index is 2.84. The zero-order valence-corrected chi connectivity index (χ0v) is 4.83. The standard InChI is InChI=1S/C4H7N3O/c1-4-3-7(8-2)6-5-4/h3H,1-2H3. The zero-order valence-electron chi connectivity index (χ0n) is 4.83. The number of aryl methyl sites for hydroxylation is 1. The molecule has 4 nitrogen and oxygen atoms in total. The lowest BCUT2D eigenvalue weighted by Gasteiger charge is -1.90. The van der Waals surface area contributed by atoms with Crippen LogP contribution in [0.15, 0.2) is 6.20 Å². The second-order valence-electron chi connectivity index (χ2n) is 1.45. The van der Waals surface area contributed by atoms with Gasteiger partial charge in [0.05, 0.1) is 11.9 Å². The highest BCUT2D eigenvalue weighted by Crippen LogP contribution is 1.83.